The van der Waals surface area contributed by atoms with Gasteiger partial charge < -0.3 is 21.1 Å². The van der Waals surface area contributed by atoms with Gasteiger partial charge in [-0.15, -0.1) is 0 Å². The number of carbonyl (C=O) groups excluding carboxylic acids is 3. The van der Waals surface area contributed by atoms with E-state index in [2.05, 4.69) is 15.4 Å². The zero-order valence-corrected chi connectivity index (χ0v) is 19.7. The molecule has 0 aliphatic rings. The third kappa shape index (κ3) is 6.63. The lowest BCUT2D eigenvalue weighted by atomic mass is 9.85. The number of halogens is 4. The highest BCUT2D eigenvalue weighted by Gasteiger charge is 2.37. The van der Waals surface area contributed by atoms with Crippen molar-refractivity contribution >= 4 is 35.1 Å². The molecule has 34 heavy (non-hydrogen) atoms. The number of ether oxygens (including phenoxy) is 1. The normalized spacial score (nSPS) is 13.5. The van der Waals surface area contributed by atoms with Crippen molar-refractivity contribution in [2.75, 3.05) is 12.8 Å². The van der Waals surface area contributed by atoms with Gasteiger partial charge in [0.25, 0.3) is 5.91 Å². The van der Waals surface area contributed by atoms with Crippen LogP contribution in [0.4, 0.5) is 18.9 Å². The molecule has 0 radical (unpaired) electrons. The Morgan fingerprint density at radius 1 is 1.03 bits per heavy atom. The SMILES string of the molecule is COC(=O)C(NC(=O)C(NC(=O)c1ccc(N)c(Cl)c1)C(C)(C)C)c1cccc(C(F)(F)F)c1. The minimum absolute atomic E-state index is 0.126. The highest BCUT2D eigenvalue weighted by Crippen LogP contribution is 2.31. The molecule has 0 fully saturated rings. The molecule has 0 saturated heterocycles. The van der Waals surface area contributed by atoms with Crippen molar-refractivity contribution in [1.29, 1.82) is 0 Å². The van der Waals surface area contributed by atoms with Crippen LogP contribution in [-0.2, 0) is 20.5 Å². The number of anilines is 1. The van der Waals surface area contributed by atoms with Gasteiger partial charge in [-0.1, -0.05) is 44.5 Å². The molecule has 2 amide bonds. The molecule has 0 aliphatic carbocycles. The molecular formula is C23H25ClF3N3O4. The predicted molar refractivity (Wildman–Crippen MR) is 121 cm³/mol. The lowest BCUT2D eigenvalue weighted by Crippen LogP contribution is -2.54. The van der Waals surface area contributed by atoms with E-state index in [0.29, 0.717) is 0 Å². The van der Waals surface area contributed by atoms with E-state index in [4.69, 9.17) is 17.3 Å². The summed E-state index contributed by atoms with van der Waals surface area (Å²) in [6.45, 7) is 5.01. The van der Waals surface area contributed by atoms with Gasteiger partial charge in [-0.3, -0.25) is 9.59 Å². The second-order valence-corrected chi connectivity index (χ2v) is 9.00. The number of methoxy groups -OCH3 is 1. The standard InChI is InChI=1S/C23H25ClF3N3O4/c1-22(2,3)18(30-19(31)13-8-9-16(28)15(24)11-13)20(32)29-17(21(33)34-4)12-6-5-7-14(10-12)23(25,26)27/h5-11,17-18H,28H2,1-4H3,(H,29,32)(H,30,31). The number of rotatable bonds is 6. The first kappa shape index (κ1) is 27.0. The number of amides is 2. The van der Waals surface area contributed by atoms with Crippen LogP contribution in [0.25, 0.3) is 0 Å². The van der Waals surface area contributed by atoms with Gasteiger partial charge in [0.1, 0.15) is 6.04 Å². The maximum absolute atomic E-state index is 13.2. The molecule has 2 atom stereocenters. The molecule has 0 heterocycles. The molecule has 2 aromatic carbocycles. The number of hydrogen-bond acceptors (Lipinski definition) is 5. The van der Waals surface area contributed by atoms with Gasteiger partial charge in [-0.2, -0.15) is 13.2 Å². The number of nitrogen functional groups attached to an aromatic ring is 1. The fourth-order valence-corrected chi connectivity index (χ4v) is 3.26. The molecular weight excluding hydrogens is 475 g/mol. The molecule has 0 aliphatic heterocycles. The van der Waals surface area contributed by atoms with Gasteiger partial charge in [0.05, 0.1) is 23.4 Å². The smallest absolute Gasteiger partial charge is 0.416 e. The van der Waals surface area contributed by atoms with Gasteiger partial charge in [-0.25, -0.2) is 4.79 Å². The molecule has 11 heteroatoms. The largest absolute Gasteiger partial charge is 0.467 e. The number of nitrogens with one attached hydrogen (secondary N) is 2. The van der Waals surface area contributed by atoms with E-state index in [9.17, 15) is 27.6 Å². The Morgan fingerprint density at radius 2 is 1.68 bits per heavy atom. The minimum Gasteiger partial charge on any atom is -0.467 e. The number of benzene rings is 2. The molecule has 7 nitrogen and oxygen atoms in total. The molecule has 4 N–H and O–H groups in total. The van der Waals surface area contributed by atoms with E-state index in [-0.39, 0.29) is 21.8 Å². The molecule has 0 saturated carbocycles. The van der Waals surface area contributed by atoms with Crippen molar-refractivity contribution in [2.24, 2.45) is 5.41 Å². The van der Waals surface area contributed by atoms with E-state index in [1.54, 1.807) is 20.8 Å². The zero-order valence-electron chi connectivity index (χ0n) is 18.9. The summed E-state index contributed by atoms with van der Waals surface area (Å²) < 4.78 is 44.1. The average Bonchev–Trinajstić information content (AvgIpc) is 2.75. The van der Waals surface area contributed by atoms with Crippen molar-refractivity contribution in [3.8, 4) is 0 Å². The summed E-state index contributed by atoms with van der Waals surface area (Å²) in [7, 11) is 1.04. The lowest BCUT2D eigenvalue weighted by molar-refractivity contribution is -0.146. The van der Waals surface area contributed by atoms with Crippen LogP contribution >= 0.6 is 11.6 Å². The summed E-state index contributed by atoms with van der Waals surface area (Å²) in [4.78, 5) is 38.3. The molecule has 0 spiro atoms. The van der Waals surface area contributed by atoms with E-state index in [1.807, 2.05) is 0 Å². The van der Waals surface area contributed by atoms with Crippen LogP contribution < -0.4 is 16.4 Å². The average molecular weight is 500 g/mol. The van der Waals surface area contributed by atoms with Crippen LogP contribution in [0.3, 0.4) is 0 Å². The minimum atomic E-state index is -4.65. The van der Waals surface area contributed by atoms with Crippen LogP contribution in [-0.4, -0.2) is 30.9 Å². The first-order chi connectivity index (χ1) is 15.6. The van der Waals surface area contributed by atoms with Crippen LogP contribution in [0, 0.1) is 5.41 Å². The van der Waals surface area contributed by atoms with Gasteiger partial charge in [-0.05, 0) is 41.3 Å². The Morgan fingerprint density at radius 3 is 2.21 bits per heavy atom. The van der Waals surface area contributed by atoms with E-state index < -0.39 is 47.0 Å². The number of hydrogen-bond donors (Lipinski definition) is 3. The summed E-state index contributed by atoms with van der Waals surface area (Å²) in [6.07, 6.45) is -4.65. The summed E-state index contributed by atoms with van der Waals surface area (Å²) in [5.41, 5.74) is 4.11. The van der Waals surface area contributed by atoms with E-state index >= 15 is 0 Å². The Hall–Kier alpha value is -3.27. The van der Waals surface area contributed by atoms with Crippen LogP contribution in [0.2, 0.25) is 5.02 Å². The highest BCUT2D eigenvalue weighted by atomic mass is 35.5. The number of alkyl halides is 3. The molecule has 0 bridgehead atoms. The van der Waals surface area contributed by atoms with Crippen molar-refractivity contribution in [3.05, 3.63) is 64.2 Å². The van der Waals surface area contributed by atoms with Gasteiger partial charge in [0, 0.05) is 5.56 Å². The summed E-state index contributed by atoms with van der Waals surface area (Å²) >= 11 is 5.96. The fraction of sp³-hybridized carbons (Fsp3) is 0.348. The first-order valence-corrected chi connectivity index (χ1v) is 10.4. The highest BCUT2D eigenvalue weighted by molar-refractivity contribution is 6.33. The second-order valence-electron chi connectivity index (χ2n) is 8.60. The van der Waals surface area contributed by atoms with Crippen LogP contribution in [0.5, 0.6) is 0 Å². The van der Waals surface area contributed by atoms with Crippen molar-refractivity contribution in [2.45, 2.75) is 39.0 Å². The maximum atomic E-state index is 13.2. The van der Waals surface area contributed by atoms with Crippen molar-refractivity contribution in [3.63, 3.8) is 0 Å². The zero-order chi connectivity index (χ0) is 25.8. The molecule has 2 rings (SSSR count). The summed E-state index contributed by atoms with van der Waals surface area (Å²) in [5, 5.41) is 5.14. The topological polar surface area (TPSA) is 111 Å². The fourth-order valence-electron chi connectivity index (χ4n) is 3.07. The molecule has 0 aromatic heterocycles. The Bertz CT molecular complexity index is 1080. The predicted octanol–water partition coefficient (Wildman–Crippen LogP) is 4.12. The Kier molecular flexibility index (Phi) is 8.20. The van der Waals surface area contributed by atoms with Gasteiger partial charge in [0.15, 0.2) is 6.04 Å². The van der Waals surface area contributed by atoms with Crippen LogP contribution in [0.15, 0.2) is 42.5 Å². The van der Waals surface area contributed by atoms with E-state index in [1.165, 1.54) is 24.3 Å². The molecule has 2 aromatic rings. The second kappa shape index (κ2) is 10.3. The van der Waals surface area contributed by atoms with Crippen molar-refractivity contribution in [1.82, 2.24) is 10.6 Å². The quantitative estimate of drug-likeness (QED) is 0.409. The Balaban J connectivity index is 2.35. The third-order valence-electron chi connectivity index (χ3n) is 4.94. The molecule has 2 unspecified atom stereocenters. The third-order valence-corrected chi connectivity index (χ3v) is 5.26. The lowest BCUT2D eigenvalue weighted by Gasteiger charge is -2.31. The first-order valence-electron chi connectivity index (χ1n) is 10.1. The Labute approximate surface area is 199 Å². The summed E-state index contributed by atoms with van der Waals surface area (Å²) in [6, 6.07) is 5.47. The maximum Gasteiger partial charge on any atom is 0.416 e. The van der Waals surface area contributed by atoms with E-state index in [0.717, 1.165) is 25.3 Å². The number of carbonyl (C=O) groups is 3. The summed E-state index contributed by atoms with van der Waals surface area (Å²) in [5.74, 6) is -2.40. The van der Waals surface area contributed by atoms with Crippen molar-refractivity contribution < 1.29 is 32.3 Å². The van der Waals surface area contributed by atoms with Crippen LogP contribution in [0.1, 0.15) is 48.3 Å². The van der Waals surface area contributed by atoms with Gasteiger partial charge in [0.2, 0.25) is 5.91 Å². The number of esters is 1. The monoisotopic (exact) mass is 499 g/mol. The number of nitrogens with two attached hydrogens (primary N) is 1. The molecule has 184 valence electrons. The van der Waals surface area contributed by atoms with Gasteiger partial charge >= 0.3 is 12.1 Å².